The first-order chi connectivity index (χ1) is 11.5. The van der Waals surface area contributed by atoms with Crippen molar-refractivity contribution in [1.82, 2.24) is 10.9 Å². The van der Waals surface area contributed by atoms with Crippen LogP contribution in [0.4, 0.5) is 5.69 Å². The highest BCUT2D eigenvalue weighted by Crippen LogP contribution is 2.15. The molecule has 0 saturated heterocycles. The Kier molecular flexibility index (Phi) is 6.45. The second-order valence-electron chi connectivity index (χ2n) is 5.06. The van der Waals surface area contributed by atoms with Crippen molar-refractivity contribution in [2.75, 3.05) is 18.5 Å². The summed E-state index contributed by atoms with van der Waals surface area (Å²) in [6.45, 7) is 1.79. The lowest BCUT2D eigenvalue weighted by molar-refractivity contribution is -0.129. The molecule has 0 spiro atoms. The Labute approximate surface area is 145 Å². The molecule has 2 aromatic rings. The Morgan fingerprint density at radius 1 is 1.04 bits per heavy atom. The summed E-state index contributed by atoms with van der Waals surface area (Å²) >= 11 is 5.75. The average Bonchev–Trinajstić information content (AvgIpc) is 2.57. The van der Waals surface area contributed by atoms with E-state index in [-0.39, 0.29) is 19.1 Å². The normalized spacial score (nSPS) is 9.92. The quantitative estimate of drug-likeness (QED) is 0.700. The molecular formula is C17H18ClN3O3. The number of aryl methyl sites for hydroxylation is 1. The molecule has 0 saturated carbocycles. The topological polar surface area (TPSA) is 79.5 Å². The van der Waals surface area contributed by atoms with Gasteiger partial charge in [-0.3, -0.25) is 20.4 Å². The molecule has 2 rings (SSSR count). The number of ether oxygens (including phenoxy) is 1. The van der Waals surface area contributed by atoms with Crippen molar-refractivity contribution in [3.05, 3.63) is 59.1 Å². The smallest absolute Gasteiger partial charge is 0.276 e. The van der Waals surface area contributed by atoms with E-state index in [1.54, 1.807) is 24.3 Å². The number of anilines is 1. The summed E-state index contributed by atoms with van der Waals surface area (Å²) in [4.78, 5) is 23.3. The van der Waals surface area contributed by atoms with E-state index < -0.39 is 5.91 Å². The highest BCUT2D eigenvalue weighted by molar-refractivity contribution is 6.30. The van der Waals surface area contributed by atoms with Gasteiger partial charge >= 0.3 is 0 Å². The average molecular weight is 348 g/mol. The molecule has 0 atom stereocenters. The first kappa shape index (κ1) is 17.6. The largest absolute Gasteiger partial charge is 0.484 e. The Hall–Kier alpha value is -2.73. The van der Waals surface area contributed by atoms with Gasteiger partial charge in [-0.2, -0.15) is 0 Å². The van der Waals surface area contributed by atoms with Gasteiger partial charge in [-0.1, -0.05) is 23.7 Å². The number of amides is 2. The van der Waals surface area contributed by atoms with Gasteiger partial charge in [0, 0.05) is 10.7 Å². The maximum atomic E-state index is 11.7. The third-order valence-electron chi connectivity index (χ3n) is 3.00. The molecule has 24 heavy (non-hydrogen) atoms. The predicted molar refractivity (Wildman–Crippen MR) is 92.9 cm³/mol. The van der Waals surface area contributed by atoms with E-state index in [1.807, 2.05) is 31.2 Å². The first-order valence-electron chi connectivity index (χ1n) is 7.29. The van der Waals surface area contributed by atoms with Crippen LogP contribution < -0.4 is 20.9 Å². The summed E-state index contributed by atoms with van der Waals surface area (Å²) in [5.41, 5.74) is 6.52. The van der Waals surface area contributed by atoms with E-state index in [0.29, 0.717) is 10.8 Å². The number of hydrogen-bond donors (Lipinski definition) is 3. The van der Waals surface area contributed by atoms with Gasteiger partial charge < -0.3 is 10.1 Å². The molecule has 6 nitrogen and oxygen atoms in total. The maximum Gasteiger partial charge on any atom is 0.276 e. The van der Waals surface area contributed by atoms with Gasteiger partial charge in [-0.05, 0) is 48.9 Å². The molecule has 0 heterocycles. The summed E-state index contributed by atoms with van der Waals surface area (Å²) < 4.78 is 5.26. The number of nitrogens with one attached hydrogen (secondary N) is 3. The van der Waals surface area contributed by atoms with Crippen molar-refractivity contribution in [2.24, 2.45) is 0 Å². The first-order valence-corrected chi connectivity index (χ1v) is 7.67. The highest BCUT2D eigenvalue weighted by atomic mass is 35.5. The van der Waals surface area contributed by atoms with E-state index in [0.717, 1.165) is 11.3 Å². The molecule has 2 amide bonds. The van der Waals surface area contributed by atoms with Gasteiger partial charge in [0.1, 0.15) is 5.75 Å². The molecule has 0 unspecified atom stereocenters. The van der Waals surface area contributed by atoms with Crippen LogP contribution in [0.25, 0.3) is 0 Å². The number of rotatable bonds is 6. The van der Waals surface area contributed by atoms with Crippen LogP contribution in [-0.2, 0) is 9.59 Å². The third-order valence-corrected chi connectivity index (χ3v) is 3.25. The van der Waals surface area contributed by atoms with Crippen LogP contribution in [0.15, 0.2) is 48.5 Å². The van der Waals surface area contributed by atoms with Crippen molar-refractivity contribution in [3.8, 4) is 5.75 Å². The molecule has 0 fully saturated rings. The van der Waals surface area contributed by atoms with Crippen molar-refractivity contribution in [2.45, 2.75) is 6.92 Å². The van der Waals surface area contributed by atoms with Crippen molar-refractivity contribution in [1.29, 1.82) is 0 Å². The lowest BCUT2D eigenvalue weighted by Gasteiger charge is -2.10. The number of hydrazine groups is 1. The van der Waals surface area contributed by atoms with E-state index in [9.17, 15) is 9.59 Å². The van der Waals surface area contributed by atoms with Crippen LogP contribution in [-0.4, -0.2) is 25.0 Å². The second kappa shape index (κ2) is 8.79. The molecule has 0 aliphatic carbocycles. The summed E-state index contributed by atoms with van der Waals surface area (Å²) in [7, 11) is 0. The Morgan fingerprint density at radius 2 is 1.75 bits per heavy atom. The zero-order chi connectivity index (χ0) is 17.4. The number of benzene rings is 2. The van der Waals surface area contributed by atoms with Gasteiger partial charge in [-0.25, -0.2) is 0 Å². The number of hydrogen-bond acceptors (Lipinski definition) is 4. The number of halogens is 1. The molecule has 0 aliphatic rings. The van der Waals surface area contributed by atoms with E-state index in [1.165, 1.54) is 0 Å². The van der Waals surface area contributed by atoms with Crippen LogP contribution >= 0.6 is 11.6 Å². The minimum absolute atomic E-state index is 0.0434. The summed E-state index contributed by atoms with van der Waals surface area (Å²) in [6, 6.07) is 14.3. The molecule has 2 aromatic carbocycles. The van der Waals surface area contributed by atoms with Crippen LogP contribution in [0.5, 0.6) is 5.75 Å². The predicted octanol–water partition coefficient (Wildman–Crippen LogP) is 2.29. The maximum absolute atomic E-state index is 11.7. The van der Waals surface area contributed by atoms with E-state index in [2.05, 4.69) is 16.2 Å². The van der Waals surface area contributed by atoms with Gasteiger partial charge in [0.05, 0.1) is 6.54 Å². The Balaban J connectivity index is 1.65. The molecule has 3 N–H and O–H groups in total. The molecule has 0 bridgehead atoms. The number of carbonyl (C=O) groups is 2. The van der Waals surface area contributed by atoms with Crippen LogP contribution in [0.1, 0.15) is 5.56 Å². The summed E-state index contributed by atoms with van der Waals surface area (Å²) in [5.74, 6) is -0.313. The fourth-order valence-electron chi connectivity index (χ4n) is 1.84. The second-order valence-corrected chi connectivity index (χ2v) is 5.50. The molecule has 7 heteroatoms. The standard InChI is InChI=1S/C17H18ClN3O3/c1-12-3-2-4-14(9-12)19-10-16(22)20-21-17(23)11-24-15-7-5-13(18)6-8-15/h2-9,19H,10-11H2,1H3,(H,20,22)(H,21,23). The van der Waals surface area contributed by atoms with Crippen LogP contribution in [0.3, 0.4) is 0 Å². The fourth-order valence-corrected chi connectivity index (χ4v) is 1.96. The van der Waals surface area contributed by atoms with Crippen LogP contribution in [0.2, 0.25) is 5.02 Å². The summed E-state index contributed by atoms with van der Waals surface area (Å²) in [6.07, 6.45) is 0. The van der Waals surface area contributed by atoms with Gasteiger partial charge in [0.15, 0.2) is 6.61 Å². The van der Waals surface area contributed by atoms with Gasteiger partial charge in [0.2, 0.25) is 0 Å². The van der Waals surface area contributed by atoms with Crippen molar-refractivity contribution >= 4 is 29.1 Å². The summed E-state index contributed by atoms with van der Waals surface area (Å²) in [5, 5.41) is 3.55. The minimum atomic E-state index is -0.464. The van der Waals surface area contributed by atoms with Gasteiger partial charge in [0.25, 0.3) is 11.8 Å². The lowest BCUT2D eigenvalue weighted by Crippen LogP contribution is -2.45. The molecule has 0 radical (unpaired) electrons. The van der Waals surface area contributed by atoms with E-state index in [4.69, 9.17) is 16.3 Å². The third kappa shape index (κ3) is 6.18. The Morgan fingerprint density at radius 3 is 2.46 bits per heavy atom. The lowest BCUT2D eigenvalue weighted by atomic mass is 10.2. The fraction of sp³-hybridized carbons (Fsp3) is 0.176. The molecule has 126 valence electrons. The minimum Gasteiger partial charge on any atom is -0.484 e. The van der Waals surface area contributed by atoms with E-state index >= 15 is 0 Å². The van der Waals surface area contributed by atoms with Crippen molar-refractivity contribution < 1.29 is 14.3 Å². The zero-order valence-electron chi connectivity index (χ0n) is 13.1. The van der Waals surface area contributed by atoms with Gasteiger partial charge in [-0.15, -0.1) is 0 Å². The molecule has 0 aromatic heterocycles. The Bertz CT molecular complexity index is 704. The van der Waals surface area contributed by atoms with Crippen molar-refractivity contribution in [3.63, 3.8) is 0 Å². The highest BCUT2D eigenvalue weighted by Gasteiger charge is 2.06. The monoisotopic (exact) mass is 347 g/mol. The molecule has 0 aliphatic heterocycles. The zero-order valence-corrected chi connectivity index (χ0v) is 13.9. The SMILES string of the molecule is Cc1cccc(NCC(=O)NNC(=O)COc2ccc(Cl)cc2)c1. The molecular weight excluding hydrogens is 330 g/mol. The number of carbonyl (C=O) groups excluding carboxylic acids is 2. The van der Waals surface area contributed by atoms with Crippen LogP contribution in [0, 0.1) is 6.92 Å².